The van der Waals surface area contributed by atoms with Crippen LogP contribution in [0, 0.1) is 0 Å². The molecule has 0 radical (unpaired) electrons. The Morgan fingerprint density at radius 1 is 1.37 bits per heavy atom. The van der Waals surface area contributed by atoms with Gasteiger partial charge in [0.1, 0.15) is 11.6 Å². The van der Waals surface area contributed by atoms with Gasteiger partial charge in [-0.3, -0.25) is 0 Å². The van der Waals surface area contributed by atoms with Gasteiger partial charge in [0, 0.05) is 13.1 Å². The molecule has 1 rings (SSSR count). The molecule has 0 aliphatic carbocycles. The summed E-state index contributed by atoms with van der Waals surface area (Å²) in [7, 11) is 0. The van der Waals surface area contributed by atoms with Gasteiger partial charge in [-0.1, -0.05) is 18.5 Å². The van der Waals surface area contributed by atoms with Crippen molar-refractivity contribution in [3.05, 3.63) is 11.2 Å². The smallest absolute Gasteiger partial charge is 0.354 e. The van der Waals surface area contributed by atoms with Crippen molar-refractivity contribution >= 4 is 23.4 Å². The molecule has 0 atom stereocenters. The minimum Gasteiger partial charge on any atom is -0.354 e. The summed E-state index contributed by atoms with van der Waals surface area (Å²) < 4.78 is 37.4. The van der Waals surface area contributed by atoms with Crippen molar-refractivity contribution in [1.29, 1.82) is 0 Å². The number of hydrogen-bond donors (Lipinski definition) is 1. The van der Waals surface area contributed by atoms with Gasteiger partial charge in [-0.2, -0.15) is 18.2 Å². The number of alkyl halides is 3. The second kappa shape index (κ2) is 6.79. The highest BCUT2D eigenvalue weighted by atomic mass is 35.5. The lowest BCUT2D eigenvalue weighted by Gasteiger charge is -2.24. The van der Waals surface area contributed by atoms with E-state index in [1.54, 1.807) is 6.92 Å². The Balaban J connectivity index is 2.95. The molecule has 1 aromatic rings. The van der Waals surface area contributed by atoms with Crippen LogP contribution in [0.25, 0.3) is 0 Å². The number of halogens is 4. The number of nitrogens with one attached hydrogen (secondary N) is 1. The van der Waals surface area contributed by atoms with E-state index in [9.17, 15) is 13.2 Å². The van der Waals surface area contributed by atoms with Crippen LogP contribution in [0.15, 0.2) is 6.20 Å². The minimum absolute atomic E-state index is 0.0927. The molecule has 0 bridgehead atoms. The quantitative estimate of drug-likeness (QED) is 0.874. The van der Waals surface area contributed by atoms with Crippen LogP contribution < -0.4 is 10.2 Å². The molecule has 0 aliphatic rings. The van der Waals surface area contributed by atoms with Crippen molar-refractivity contribution in [1.82, 2.24) is 9.97 Å². The lowest BCUT2D eigenvalue weighted by atomic mass is 10.4. The zero-order valence-corrected chi connectivity index (χ0v) is 11.5. The molecular weight excluding hydrogens is 281 g/mol. The van der Waals surface area contributed by atoms with Crippen LogP contribution in [-0.4, -0.2) is 35.8 Å². The largest absolute Gasteiger partial charge is 0.405 e. The fourth-order valence-electron chi connectivity index (χ4n) is 1.45. The van der Waals surface area contributed by atoms with Gasteiger partial charge in [0.05, 0.1) is 6.20 Å². The number of rotatable bonds is 6. The fraction of sp³-hybridized carbons (Fsp3) is 0.636. The molecule has 108 valence electrons. The average molecular weight is 297 g/mol. The lowest BCUT2D eigenvalue weighted by Crippen LogP contribution is -2.35. The van der Waals surface area contributed by atoms with E-state index in [4.69, 9.17) is 11.6 Å². The van der Waals surface area contributed by atoms with Gasteiger partial charge in [0.2, 0.25) is 5.95 Å². The highest BCUT2D eigenvalue weighted by molar-refractivity contribution is 6.32. The van der Waals surface area contributed by atoms with E-state index in [2.05, 4.69) is 15.3 Å². The van der Waals surface area contributed by atoms with Gasteiger partial charge < -0.3 is 10.2 Å². The Hall–Kier alpha value is -1.24. The molecule has 0 amide bonds. The van der Waals surface area contributed by atoms with E-state index in [-0.39, 0.29) is 23.3 Å². The second-order valence-corrected chi connectivity index (χ2v) is 4.33. The van der Waals surface area contributed by atoms with Crippen LogP contribution in [0.1, 0.15) is 20.3 Å². The normalized spacial score (nSPS) is 11.5. The molecule has 0 saturated carbocycles. The van der Waals surface area contributed by atoms with E-state index in [0.29, 0.717) is 6.54 Å². The van der Waals surface area contributed by atoms with E-state index in [1.807, 2.05) is 6.92 Å². The molecular formula is C11H16ClF3N4. The monoisotopic (exact) mass is 296 g/mol. The van der Waals surface area contributed by atoms with E-state index < -0.39 is 12.7 Å². The minimum atomic E-state index is -4.30. The highest BCUT2D eigenvalue weighted by Gasteiger charge is 2.31. The van der Waals surface area contributed by atoms with Gasteiger partial charge in [0.15, 0.2) is 5.82 Å². The molecule has 0 saturated heterocycles. The molecule has 1 heterocycles. The fourth-order valence-corrected chi connectivity index (χ4v) is 1.67. The summed E-state index contributed by atoms with van der Waals surface area (Å²) in [5.41, 5.74) is 0. The van der Waals surface area contributed by atoms with Gasteiger partial charge in [-0.25, -0.2) is 4.98 Å². The Morgan fingerprint density at radius 2 is 2.05 bits per heavy atom. The lowest BCUT2D eigenvalue weighted by molar-refractivity contribution is -0.119. The maximum absolute atomic E-state index is 12.5. The first-order valence-corrected chi connectivity index (χ1v) is 6.33. The molecule has 0 aromatic carbocycles. The van der Waals surface area contributed by atoms with Crippen molar-refractivity contribution in [3.8, 4) is 0 Å². The average Bonchev–Trinajstić information content (AvgIpc) is 2.34. The third-order valence-corrected chi connectivity index (χ3v) is 2.58. The topological polar surface area (TPSA) is 41.1 Å². The zero-order chi connectivity index (χ0) is 14.5. The first-order valence-electron chi connectivity index (χ1n) is 5.95. The summed E-state index contributed by atoms with van der Waals surface area (Å²) >= 11 is 5.87. The van der Waals surface area contributed by atoms with E-state index >= 15 is 0 Å². The van der Waals surface area contributed by atoms with Crippen molar-refractivity contribution in [2.24, 2.45) is 0 Å². The maximum atomic E-state index is 12.5. The maximum Gasteiger partial charge on any atom is 0.405 e. The van der Waals surface area contributed by atoms with Crippen LogP contribution in [0.2, 0.25) is 5.02 Å². The third-order valence-electron chi connectivity index (χ3n) is 2.31. The predicted molar refractivity (Wildman–Crippen MR) is 69.8 cm³/mol. The van der Waals surface area contributed by atoms with E-state index in [0.717, 1.165) is 11.3 Å². The highest BCUT2D eigenvalue weighted by Crippen LogP contribution is 2.27. The molecule has 4 nitrogen and oxygen atoms in total. The number of aromatic nitrogens is 2. The second-order valence-electron chi connectivity index (χ2n) is 3.92. The first-order chi connectivity index (χ1) is 8.87. The van der Waals surface area contributed by atoms with Gasteiger partial charge in [-0.05, 0) is 13.3 Å². The first kappa shape index (κ1) is 15.8. The van der Waals surface area contributed by atoms with Crippen molar-refractivity contribution in [2.75, 3.05) is 29.9 Å². The van der Waals surface area contributed by atoms with Crippen LogP contribution in [-0.2, 0) is 0 Å². The summed E-state index contributed by atoms with van der Waals surface area (Å²) in [5.74, 6) is 0.372. The van der Waals surface area contributed by atoms with Crippen molar-refractivity contribution in [2.45, 2.75) is 26.4 Å². The Morgan fingerprint density at radius 3 is 2.58 bits per heavy atom. The van der Waals surface area contributed by atoms with Crippen LogP contribution in [0.5, 0.6) is 0 Å². The van der Waals surface area contributed by atoms with Gasteiger partial charge in [0.25, 0.3) is 0 Å². The summed E-state index contributed by atoms with van der Waals surface area (Å²) in [6.07, 6.45) is -2.14. The van der Waals surface area contributed by atoms with Crippen molar-refractivity contribution in [3.63, 3.8) is 0 Å². The molecule has 8 heteroatoms. The Labute approximate surface area is 115 Å². The molecule has 19 heavy (non-hydrogen) atoms. The number of anilines is 2. The standard InChI is InChI=1S/C11H16ClF3N4/c1-3-5-16-10-17-6-8(12)9(18-10)19(4-2)7-11(13,14)15/h6H,3-5,7H2,1-2H3,(H,16,17,18). The number of hydrogen-bond acceptors (Lipinski definition) is 4. The van der Waals surface area contributed by atoms with E-state index in [1.165, 1.54) is 6.20 Å². The summed E-state index contributed by atoms with van der Waals surface area (Å²) in [6.45, 7) is 3.29. The molecule has 0 aliphatic heterocycles. The molecule has 0 unspecified atom stereocenters. The SMILES string of the molecule is CCCNc1ncc(Cl)c(N(CC)CC(F)(F)F)n1. The zero-order valence-electron chi connectivity index (χ0n) is 10.8. The molecule has 0 fully saturated rings. The van der Waals surface area contributed by atoms with Crippen molar-refractivity contribution < 1.29 is 13.2 Å². The van der Waals surface area contributed by atoms with Gasteiger partial charge in [-0.15, -0.1) is 0 Å². The van der Waals surface area contributed by atoms with Crippen LogP contribution in [0.4, 0.5) is 24.9 Å². The van der Waals surface area contributed by atoms with Crippen LogP contribution >= 0.6 is 11.6 Å². The van der Waals surface area contributed by atoms with Crippen LogP contribution in [0.3, 0.4) is 0 Å². The molecule has 1 N–H and O–H groups in total. The number of nitrogens with zero attached hydrogens (tertiary/aromatic N) is 3. The summed E-state index contributed by atoms with van der Waals surface area (Å²) in [5, 5.41) is 3.02. The molecule has 0 spiro atoms. The predicted octanol–water partition coefficient (Wildman–Crippen LogP) is 3.34. The molecule has 1 aromatic heterocycles. The summed E-state index contributed by atoms with van der Waals surface area (Å²) in [6, 6.07) is 0. The van der Waals surface area contributed by atoms with Gasteiger partial charge >= 0.3 is 6.18 Å². The third kappa shape index (κ3) is 5.10. The Kier molecular flexibility index (Phi) is 5.65. The summed E-state index contributed by atoms with van der Waals surface area (Å²) in [4.78, 5) is 9.04. The Bertz CT molecular complexity index is 411.